The second-order valence-electron chi connectivity index (χ2n) is 9.59. The molecule has 1 saturated heterocycles. The van der Waals surface area contributed by atoms with Crippen molar-refractivity contribution in [3.63, 3.8) is 0 Å². The van der Waals surface area contributed by atoms with Crippen molar-refractivity contribution < 1.29 is 14.7 Å². The third kappa shape index (κ3) is 2.12. The van der Waals surface area contributed by atoms with Gasteiger partial charge in [-0.15, -0.1) is 0 Å². The molecule has 0 unspecified atom stereocenters. The van der Waals surface area contributed by atoms with Gasteiger partial charge in [-0.3, -0.25) is 9.59 Å². The zero-order valence-corrected chi connectivity index (χ0v) is 16.0. The summed E-state index contributed by atoms with van der Waals surface area (Å²) >= 11 is 0. The number of carbonyl (C=O) groups is 2. The second kappa shape index (κ2) is 5.34. The number of allylic oxidation sites excluding steroid dienone is 2. The van der Waals surface area contributed by atoms with E-state index in [1.807, 2.05) is 11.9 Å². The molecule has 4 rings (SSSR count). The zero-order chi connectivity index (χ0) is 18.1. The molecule has 4 aliphatic rings. The first kappa shape index (κ1) is 17.1. The van der Waals surface area contributed by atoms with Gasteiger partial charge in [-0.05, 0) is 68.6 Å². The highest BCUT2D eigenvalue weighted by atomic mass is 16.4. The highest BCUT2D eigenvalue weighted by Crippen LogP contribution is 2.66. The van der Waals surface area contributed by atoms with Crippen LogP contribution in [0, 0.1) is 34.5 Å². The molecule has 25 heavy (non-hydrogen) atoms. The van der Waals surface area contributed by atoms with Crippen LogP contribution in [0.25, 0.3) is 0 Å². The van der Waals surface area contributed by atoms with Crippen LogP contribution in [0.3, 0.4) is 0 Å². The second-order valence-corrected chi connectivity index (χ2v) is 9.59. The van der Waals surface area contributed by atoms with Gasteiger partial charge in [-0.1, -0.05) is 19.4 Å². The van der Waals surface area contributed by atoms with Crippen molar-refractivity contribution in [2.45, 2.75) is 65.7 Å². The lowest BCUT2D eigenvalue weighted by Gasteiger charge is -2.59. The Bertz CT molecular complexity index is 668. The van der Waals surface area contributed by atoms with Gasteiger partial charge < -0.3 is 10.0 Å². The maximum atomic E-state index is 12.3. The number of carboxylic acids is 1. The SMILES string of the molecule is CC1=C2N(C)C(=O)CC[C@]2(C)[C@H]2CC[C@]3(C)[C@@H](C(=O)O)CC[C@H]3[C@@H]2C1. The Morgan fingerprint density at radius 2 is 1.88 bits per heavy atom. The largest absolute Gasteiger partial charge is 0.481 e. The van der Waals surface area contributed by atoms with Gasteiger partial charge in [0, 0.05) is 24.6 Å². The molecule has 0 aromatic rings. The first-order valence-corrected chi connectivity index (χ1v) is 9.89. The molecule has 0 spiro atoms. The van der Waals surface area contributed by atoms with Crippen molar-refractivity contribution in [1.82, 2.24) is 4.90 Å². The molecule has 4 heteroatoms. The standard InChI is InChI=1S/C21H31NO3/c1-12-11-13-14-5-6-16(19(24)25)20(14,2)9-7-15(13)21(3)10-8-17(23)22(4)18(12)21/h13-16H,5-11H2,1-4H3,(H,24,25)/t13-,14-,15-,16+,20-,21+/m0/s1. The predicted octanol–water partition coefficient (Wildman–Crippen LogP) is 4.07. The quantitative estimate of drug-likeness (QED) is 0.779. The summed E-state index contributed by atoms with van der Waals surface area (Å²) < 4.78 is 0. The summed E-state index contributed by atoms with van der Waals surface area (Å²) in [6, 6.07) is 0. The number of amides is 1. The Labute approximate surface area is 150 Å². The molecule has 1 aliphatic heterocycles. The van der Waals surface area contributed by atoms with Crippen molar-refractivity contribution in [1.29, 1.82) is 0 Å². The van der Waals surface area contributed by atoms with Crippen LogP contribution in [0.5, 0.6) is 0 Å². The van der Waals surface area contributed by atoms with Crippen LogP contribution in [-0.2, 0) is 9.59 Å². The molecule has 1 amide bonds. The normalized spacial score (nSPS) is 46.6. The van der Waals surface area contributed by atoms with Crippen molar-refractivity contribution in [2.24, 2.45) is 34.5 Å². The molecule has 138 valence electrons. The van der Waals surface area contributed by atoms with Crippen molar-refractivity contribution in [3.8, 4) is 0 Å². The molecular formula is C21H31NO3. The Morgan fingerprint density at radius 3 is 2.56 bits per heavy atom. The van der Waals surface area contributed by atoms with Crippen LogP contribution < -0.4 is 0 Å². The van der Waals surface area contributed by atoms with Gasteiger partial charge in [0.15, 0.2) is 0 Å². The number of hydrogen-bond acceptors (Lipinski definition) is 2. The highest BCUT2D eigenvalue weighted by molar-refractivity contribution is 5.80. The van der Waals surface area contributed by atoms with Crippen LogP contribution in [0.1, 0.15) is 65.7 Å². The van der Waals surface area contributed by atoms with E-state index in [0.29, 0.717) is 24.2 Å². The van der Waals surface area contributed by atoms with Gasteiger partial charge in [-0.2, -0.15) is 0 Å². The first-order chi connectivity index (χ1) is 11.7. The third-order valence-corrected chi connectivity index (χ3v) is 8.61. The van der Waals surface area contributed by atoms with E-state index in [4.69, 9.17) is 0 Å². The average Bonchev–Trinajstić information content (AvgIpc) is 2.89. The fourth-order valence-corrected chi connectivity index (χ4v) is 7.51. The van der Waals surface area contributed by atoms with E-state index in [1.54, 1.807) is 0 Å². The van der Waals surface area contributed by atoms with Crippen LogP contribution in [0.15, 0.2) is 11.3 Å². The van der Waals surface area contributed by atoms with Gasteiger partial charge in [0.25, 0.3) is 0 Å². The van der Waals surface area contributed by atoms with Gasteiger partial charge in [0.1, 0.15) is 0 Å². The molecule has 0 aromatic carbocycles. The molecule has 1 N–H and O–H groups in total. The Hall–Kier alpha value is -1.32. The van der Waals surface area contributed by atoms with E-state index >= 15 is 0 Å². The number of rotatable bonds is 1. The van der Waals surface area contributed by atoms with E-state index < -0.39 is 5.97 Å². The zero-order valence-electron chi connectivity index (χ0n) is 16.0. The average molecular weight is 345 g/mol. The van der Waals surface area contributed by atoms with E-state index in [-0.39, 0.29) is 22.7 Å². The molecule has 0 radical (unpaired) electrons. The van der Waals surface area contributed by atoms with Gasteiger partial charge in [0.2, 0.25) is 5.91 Å². The Kier molecular flexibility index (Phi) is 3.66. The number of piperidine rings is 1. The number of likely N-dealkylation sites (tertiary alicyclic amines) is 1. The number of carboxylic acid groups (broad SMARTS) is 1. The first-order valence-electron chi connectivity index (χ1n) is 9.89. The molecule has 2 saturated carbocycles. The monoisotopic (exact) mass is 345 g/mol. The molecule has 6 atom stereocenters. The van der Waals surface area contributed by atoms with E-state index in [0.717, 1.165) is 38.5 Å². The summed E-state index contributed by atoms with van der Waals surface area (Å²) in [4.78, 5) is 26.0. The van der Waals surface area contributed by atoms with Gasteiger partial charge in [0.05, 0.1) is 5.92 Å². The lowest BCUT2D eigenvalue weighted by Crippen LogP contribution is -2.54. The minimum atomic E-state index is -0.596. The van der Waals surface area contributed by atoms with E-state index in [9.17, 15) is 14.7 Å². The minimum Gasteiger partial charge on any atom is -0.481 e. The molecule has 3 aliphatic carbocycles. The van der Waals surface area contributed by atoms with Crippen molar-refractivity contribution >= 4 is 11.9 Å². The van der Waals surface area contributed by atoms with E-state index in [1.165, 1.54) is 11.3 Å². The summed E-state index contributed by atoms with van der Waals surface area (Å²) in [7, 11) is 1.95. The Balaban J connectivity index is 1.74. The smallest absolute Gasteiger partial charge is 0.307 e. The maximum absolute atomic E-state index is 12.3. The van der Waals surface area contributed by atoms with Crippen molar-refractivity contribution in [3.05, 3.63) is 11.3 Å². The van der Waals surface area contributed by atoms with E-state index in [2.05, 4.69) is 20.8 Å². The molecular weight excluding hydrogens is 314 g/mol. The fourth-order valence-electron chi connectivity index (χ4n) is 7.51. The maximum Gasteiger partial charge on any atom is 0.307 e. The number of aliphatic carboxylic acids is 1. The topological polar surface area (TPSA) is 57.6 Å². The summed E-state index contributed by atoms with van der Waals surface area (Å²) in [5, 5.41) is 9.71. The van der Waals surface area contributed by atoms with Gasteiger partial charge in [-0.25, -0.2) is 0 Å². The van der Waals surface area contributed by atoms with Crippen LogP contribution in [-0.4, -0.2) is 28.9 Å². The number of carbonyl (C=O) groups excluding carboxylic acids is 1. The van der Waals surface area contributed by atoms with Crippen LogP contribution in [0.2, 0.25) is 0 Å². The molecule has 0 aromatic heterocycles. The Morgan fingerprint density at radius 1 is 1.16 bits per heavy atom. The van der Waals surface area contributed by atoms with Crippen LogP contribution >= 0.6 is 0 Å². The number of hydrogen-bond donors (Lipinski definition) is 1. The van der Waals surface area contributed by atoms with Gasteiger partial charge >= 0.3 is 5.97 Å². The molecule has 0 bridgehead atoms. The third-order valence-electron chi connectivity index (χ3n) is 8.61. The fraction of sp³-hybridized carbons (Fsp3) is 0.810. The number of fused-ring (bicyclic) bond motifs is 5. The number of nitrogens with zero attached hydrogens (tertiary/aromatic N) is 1. The van der Waals surface area contributed by atoms with Crippen molar-refractivity contribution in [2.75, 3.05) is 7.05 Å². The lowest BCUT2D eigenvalue weighted by molar-refractivity contribution is -0.150. The summed E-state index contributed by atoms with van der Waals surface area (Å²) in [5.41, 5.74) is 2.68. The summed E-state index contributed by atoms with van der Waals surface area (Å²) in [5.74, 6) is 1.17. The molecule has 1 heterocycles. The lowest BCUT2D eigenvalue weighted by atomic mass is 9.48. The summed E-state index contributed by atoms with van der Waals surface area (Å²) in [6.07, 6.45) is 6.67. The molecule has 3 fully saturated rings. The minimum absolute atomic E-state index is 0.0441. The van der Waals surface area contributed by atoms with Crippen LogP contribution in [0.4, 0.5) is 0 Å². The highest BCUT2D eigenvalue weighted by Gasteiger charge is 2.61. The predicted molar refractivity (Wildman–Crippen MR) is 95.6 cm³/mol. The molecule has 4 nitrogen and oxygen atoms in total. The summed E-state index contributed by atoms with van der Waals surface area (Å²) in [6.45, 7) is 6.82.